The molecule has 0 aromatic heterocycles. The Labute approximate surface area is 92.3 Å². The molecule has 4 nitrogen and oxygen atoms in total. The maximum absolute atomic E-state index is 9.58. The molecule has 0 spiro atoms. The van der Waals surface area contributed by atoms with Gasteiger partial charge in [-0.2, -0.15) is 5.26 Å². The lowest BCUT2D eigenvalue weighted by atomic mass is 10.0. The van der Waals surface area contributed by atoms with Crippen LogP contribution < -0.4 is 4.74 Å². The first-order valence-electron chi connectivity index (χ1n) is 4.19. The fourth-order valence-electron chi connectivity index (χ4n) is 1.12. The van der Waals surface area contributed by atoms with Crippen LogP contribution >= 0.6 is 11.6 Å². The minimum atomic E-state index is -1.50. The summed E-state index contributed by atoms with van der Waals surface area (Å²) in [5.41, 5.74) is 0.269. The van der Waals surface area contributed by atoms with Crippen molar-refractivity contribution in [2.24, 2.45) is 0 Å². The van der Waals surface area contributed by atoms with Crippen LogP contribution in [-0.4, -0.2) is 23.4 Å². The summed E-state index contributed by atoms with van der Waals surface area (Å²) in [5, 5.41) is 27.5. The summed E-state index contributed by atoms with van der Waals surface area (Å²) < 4.78 is 4.94. The first-order valence-corrected chi connectivity index (χ1v) is 4.57. The standard InChI is InChI=1S/C10H10ClNO3/c1-15-6-2-3-8(11)7(4-6)10(14)9(13)5-12/h2-4,9-10,13-14H,1H3. The lowest BCUT2D eigenvalue weighted by Crippen LogP contribution is -2.16. The molecule has 1 rings (SSSR count). The van der Waals surface area contributed by atoms with Gasteiger partial charge in [-0.15, -0.1) is 0 Å². The molecule has 0 aliphatic rings. The van der Waals surface area contributed by atoms with E-state index >= 15 is 0 Å². The van der Waals surface area contributed by atoms with Crippen LogP contribution in [-0.2, 0) is 0 Å². The predicted octanol–water partition coefficient (Wildman–Crippen LogP) is 1.27. The molecule has 2 N–H and O–H groups in total. The molecule has 2 unspecified atom stereocenters. The average molecular weight is 228 g/mol. The van der Waals surface area contributed by atoms with Crippen LogP contribution in [0.25, 0.3) is 0 Å². The van der Waals surface area contributed by atoms with Crippen LogP contribution in [0, 0.1) is 11.3 Å². The topological polar surface area (TPSA) is 73.5 Å². The molecule has 0 radical (unpaired) electrons. The first kappa shape index (κ1) is 11.8. The number of hydrogen-bond acceptors (Lipinski definition) is 4. The average Bonchev–Trinajstić information content (AvgIpc) is 2.27. The van der Waals surface area contributed by atoms with E-state index in [9.17, 15) is 5.11 Å². The van der Waals surface area contributed by atoms with Crippen molar-refractivity contribution < 1.29 is 14.9 Å². The maximum Gasteiger partial charge on any atom is 0.170 e. The van der Waals surface area contributed by atoms with Crippen LogP contribution in [0.3, 0.4) is 0 Å². The summed E-state index contributed by atoms with van der Waals surface area (Å²) in [6.07, 6.45) is -2.84. The van der Waals surface area contributed by atoms with E-state index in [1.165, 1.54) is 25.3 Å². The lowest BCUT2D eigenvalue weighted by Gasteiger charge is -2.14. The maximum atomic E-state index is 9.58. The molecule has 0 heterocycles. The molecule has 80 valence electrons. The highest BCUT2D eigenvalue weighted by atomic mass is 35.5. The van der Waals surface area contributed by atoms with E-state index in [2.05, 4.69) is 0 Å². The summed E-state index contributed by atoms with van der Waals surface area (Å²) in [4.78, 5) is 0. The number of aliphatic hydroxyl groups excluding tert-OH is 2. The second-order valence-electron chi connectivity index (χ2n) is 2.91. The van der Waals surface area contributed by atoms with Crippen molar-refractivity contribution in [1.82, 2.24) is 0 Å². The summed E-state index contributed by atoms with van der Waals surface area (Å²) in [5.74, 6) is 0.499. The monoisotopic (exact) mass is 227 g/mol. The van der Waals surface area contributed by atoms with Crippen LogP contribution in [0.1, 0.15) is 11.7 Å². The van der Waals surface area contributed by atoms with Crippen molar-refractivity contribution in [2.45, 2.75) is 12.2 Å². The van der Waals surface area contributed by atoms with Gasteiger partial charge in [0.15, 0.2) is 6.10 Å². The van der Waals surface area contributed by atoms with Crippen LogP contribution in [0.4, 0.5) is 0 Å². The molecule has 0 amide bonds. The molecule has 0 saturated heterocycles. The van der Waals surface area contributed by atoms with Crippen molar-refractivity contribution in [3.8, 4) is 11.8 Å². The van der Waals surface area contributed by atoms with E-state index < -0.39 is 12.2 Å². The largest absolute Gasteiger partial charge is 0.497 e. The van der Waals surface area contributed by atoms with Gasteiger partial charge in [0.1, 0.15) is 11.9 Å². The molecule has 5 heteroatoms. The van der Waals surface area contributed by atoms with E-state index in [4.69, 9.17) is 26.7 Å². The van der Waals surface area contributed by atoms with Gasteiger partial charge < -0.3 is 14.9 Å². The number of ether oxygens (including phenoxy) is 1. The molecule has 1 aromatic rings. The zero-order valence-corrected chi connectivity index (χ0v) is 8.77. The highest BCUT2D eigenvalue weighted by molar-refractivity contribution is 6.31. The van der Waals surface area contributed by atoms with Gasteiger partial charge in [-0.1, -0.05) is 11.6 Å². The molecule has 0 fully saturated rings. The van der Waals surface area contributed by atoms with Crippen molar-refractivity contribution in [3.63, 3.8) is 0 Å². The Balaban J connectivity index is 3.07. The van der Waals surface area contributed by atoms with Gasteiger partial charge in [-0.25, -0.2) is 0 Å². The van der Waals surface area contributed by atoms with Gasteiger partial charge >= 0.3 is 0 Å². The minimum Gasteiger partial charge on any atom is -0.497 e. The van der Waals surface area contributed by atoms with E-state index in [1.54, 1.807) is 6.07 Å². The second kappa shape index (κ2) is 4.99. The van der Waals surface area contributed by atoms with Gasteiger partial charge in [-0.3, -0.25) is 0 Å². The van der Waals surface area contributed by atoms with E-state index in [0.717, 1.165) is 0 Å². The van der Waals surface area contributed by atoms with Gasteiger partial charge in [0.25, 0.3) is 0 Å². The number of nitrogens with zero attached hydrogens (tertiary/aromatic N) is 1. The summed E-state index contributed by atoms with van der Waals surface area (Å²) in [7, 11) is 1.47. The highest BCUT2D eigenvalue weighted by Gasteiger charge is 2.20. The third-order valence-corrected chi connectivity index (χ3v) is 2.30. The Morgan fingerprint density at radius 2 is 2.13 bits per heavy atom. The van der Waals surface area contributed by atoms with Crippen molar-refractivity contribution in [3.05, 3.63) is 28.8 Å². The number of aliphatic hydroxyl groups is 2. The number of methoxy groups -OCH3 is 1. The molecule has 1 aromatic carbocycles. The Morgan fingerprint density at radius 3 is 2.67 bits per heavy atom. The number of benzene rings is 1. The van der Waals surface area contributed by atoms with Crippen molar-refractivity contribution in [1.29, 1.82) is 5.26 Å². The fourth-order valence-corrected chi connectivity index (χ4v) is 1.35. The number of hydrogen-bond donors (Lipinski definition) is 2. The van der Waals surface area contributed by atoms with E-state index in [-0.39, 0.29) is 10.6 Å². The molecule has 0 aliphatic carbocycles. The number of nitriles is 1. The number of halogens is 1. The van der Waals surface area contributed by atoms with Crippen LogP contribution in [0.2, 0.25) is 5.02 Å². The molecule has 0 aliphatic heterocycles. The summed E-state index contributed by atoms with van der Waals surface area (Å²) in [6, 6.07) is 6.17. The van der Waals surface area contributed by atoms with Gasteiger partial charge in [0.05, 0.1) is 13.2 Å². The van der Waals surface area contributed by atoms with Gasteiger partial charge in [0, 0.05) is 10.6 Å². The molecule has 0 bridgehead atoms. The third-order valence-electron chi connectivity index (χ3n) is 1.95. The second-order valence-corrected chi connectivity index (χ2v) is 3.31. The normalized spacial score (nSPS) is 14.1. The molecular weight excluding hydrogens is 218 g/mol. The summed E-state index contributed by atoms with van der Waals surface area (Å²) >= 11 is 5.81. The smallest absolute Gasteiger partial charge is 0.170 e. The van der Waals surface area contributed by atoms with E-state index in [0.29, 0.717) is 5.75 Å². The fraction of sp³-hybridized carbons (Fsp3) is 0.300. The van der Waals surface area contributed by atoms with Crippen molar-refractivity contribution in [2.75, 3.05) is 7.11 Å². The Kier molecular flexibility index (Phi) is 3.92. The van der Waals surface area contributed by atoms with E-state index in [1.807, 2.05) is 0 Å². The molecule has 0 saturated carbocycles. The third kappa shape index (κ3) is 2.60. The van der Waals surface area contributed by atoms with Gasteiger partial charge in [-0.05, 0) is 18.2 Å². The minimum absolute atomic E-state index is 0.269. The Morgan fingerprint density at radius 1 is 1.47 bits per heavy atom. The van der Waals surface area contributed by atoms with Crippen LogP contribution in [0.15, 0.2) is 18.2 Å². The lowest BCUT2D eigenvalue weighted by molar-refractivity contribution is 0.0527. The molecule has 2 atom stereocenters. The first-order chi connectivity index (χ1) is 7.10. The SMILES string of the molecule is COc1ccc(Cl)c(C(O)C(O)C#N)c1. The van der Waals surface area contributed by atoms with Gasteiger partial charge in [0.2, 0.25) is 0 Å². The molecule has 15 heavy (non-hydrogen) atoms. The highest BCUT2D eigenvalue weighted by Crippen LogP contribution is 2.28. The summed E-state index contributed by atoms with van der Waals surface area (Å²) in [6.45, 7) is 0. The zero-order valence-electron chi connectivity index (χ0n) is 8.01. The van der Waals surface area contributed by atoms with Crippen molar-refractivity contribution >= 4 is 11.6 Å². The quantitative estimate of drug-likeness (QED) is 0.763. The number of rotatable bonds is 3. The predicted molar refractivity (Wildman–Crippen MR) is 54.6 cm³/mol. The Bertz CT molecular complexity index is 389. The van der Waals surface area contributed by atoms with Crippen LogP contribution in [0.5, 0.6) is 5.75 Å². The molecular formula is C10H10ClNO3. The zero-order chi connectivity index (χ0) is 11.4. The Hall–Kier alpha value is -1.28.